The number of halogens is 3. The summed E-state index contributed by atoms with van der Waals surface area (Å²) in [6.07, 6.45) is 1.56. The molecule has 0 aliphatic rings. The molecule has 6 heteroatoms. The third-order valence-electron chi connectivity index (χ3n) is 2.08. The molecule has 0 aliphatic heterocycles. The lowest BCUT2D eigenvalue weighted by Crippen LogP contribution is -2.02. The third-order valence-corrected chi connectivity index (χ3v) is 4.46. The van der Waals surface area contributed by atoms with Crippen LogP contribution in [0.25, 0.3) is 0 Å². The van der Waals surface area contributed by atoms with Crippen molar-refractivity contribution in [3.8, 4) is 0 Å². The summed E-state index contributed by atoms with van der Waals surface area (Å²) in [4.78, 5) is 3.64. The molecular weight excluding hydrogens is 361 g/mol. The van der Waals surface area contributed by atoms with Crippen molar-refractivity contribution in [1.29, 1.82) is 0 Å². The number of aliphatic hydroxyl groups excluding tert-OH is 1. The third kappa shape index (κ3) is 2.34. The Morgan fingerprint density at radius 3 is 2.69 bits per heavy atom. The number of hydrogen-bond donors (Lipinski definition) is 1. The Morgan fingerprint density at radius 2 is 2.12 bits per heavy atom. The summed E-state index contributed by atoms with van der Waals surface area (Å²) < 4.78 is 15.1. The molecule has 2 aromatic rings. The van der Waals surface area contributed by atoms with Crippen molar-refractivity contribution in [3.05, 3.63) is 49.0 Å². The minimum atomic E-state index is -0.986. The summed E-state index contributed by atoms with van der Waals surface area (Å²) in [6, 6.07) is 3.23. The normalized spacial score (nSPS) is 12.8. The molecule has 0 aliphatic carbocycles. The molecule has 0 bridgehead atoms. The Kier molecular flexibility index (Phi) is 3.73. The van der Waals surface area contributed by atoms with Crippen LogP contribution >= 0.6 is 43.2 Å². The van der Waals surface area contributed by atoms with E-state index < -0.39 is 11.9 Å². The van der Waals surface area contributed by atoms with Crippen molar-refractivity contribution in [2.75, 3.05) is 0 Å². The maximum Gasteiger partial charge on any atom is 0.147 e. The minimum absolute atomic E-state index is 0.223. The zero-order valence-electron chi connectivity index (χ0n) is 7.82. The molecular formula is C10H6Br2FNOS. The average Bonchev–Trinajstić information content (AvgIpc) is 2.58. The second-order valence-corrected chi connectivity index (χ2v) is 6.83. The molecule has 16 heavy (non-hydrogen) atoms. The van der Waals surface area contributed by atoms with Crippen LogP contribution in [-0.2, 0) is 0 Å². The van der Waals surface area contributed by atoms with Crippen molar-refractivity contribution in [2.24, 2.45) is 0 Å². The van der Waals surface area contributed by atoms with Gasteiger partial charge in [-0.1, -0.05) is 0 Å². The Morgan fingerprint density at radius 1 is 1.38 bits per heavy atom. The van der Waals surface area contributed by atoms with Crippen molar-refractivity contribution < 1.29 is 9.50 Å². The smallest absolute Gasteiger partial charge is 0.147 e. The second-order valence-electron chi connectivity index (χ2n) is 3.08. The van der Waals surface area contributed by atoms with Gasteiger partial charge in [-0.2, -0.15) is 0 Å². The Balaban J connectivity index is 2.43. The van der Waals surface area contributed by atoms with Crippen molar-refractivity contribution in [1.82, 2.24) is 4.98 Å². The molecule has 0 saturated carbocycles. The molecule has 0 radical (unpaired) electrons. The van der Waals surface area contributed by atoms with Crippen LogP contribution in [0.2, 0.25) is 0 Å². The monoisotopic (exact) mass is 365 g/mol. The fraction of sp³-hybridized carbons (Fsp3) is 0.100. The van der Waals surface area contributed by atoms with Gasteiger partial charge in [0.1, 0.15) is 11.9 Å². The van der Waals surface area contributed by atoms with Crippen molar-refractivity contribution in [2.45, 2.75) is 6.10 Å². The van der Waals surface area contributed by atoms with Crippen LogP contribution in [0.1, 0.15) is 17.2 Å². The topological polar surface area (TPSA) is 33.1 Å². The highest BCUT2D eigenvalue weighted by Crippen LogP contribution is 2.38. The molecule has 2 aromatic heterocycles. The van der Waals surface area contributed by atoms with E-state index in [1.807, 2.05) is 0 Å². The van der Waals surface area contributed by atoms with Gasteiger partial charge in [-0.3, -0.25) is 4.98 Å². The molecule has 1 N–H and O–H groups in total. The van der Waals surface area contributed by atoms with E-state index in [1.165, 1.54) is 23.6 Å². The van der Waals surface area contributed by atoms with Gasteiger partial charge in [0.25, 0.3) is 0 Å². The van der Waals surface area contributed by atoms with Gasteiger partial charge in [-0.25, -0.2) is 4.39 Å². The first kappa shape index (κ1) is 12.2. The largest absolute Gasteiger partial charge is 0.383 e. The van der Waals surface area contributed by atoms with Crippen LogP contribution in [0.15, 0.2) is 32.1 Å². The van der Waals surface area contributed by atoms with E-state index in [4.69, 9.17) is 0 Å². The SMILES string of the molecule is OC(c1ccncc1F)c1cc(Br)sc1Br. The molecule has 0 spiro atoms. The number of rotatable bonds is 2. The molecule has 2 heterocycles. The average molecular weight is 367 g/mol. The second kappa shape index (κ2) is 4.91. The summed E-state index contributed by atoms with van der Waals surface area (Å²) in [6.45, 7) is 0. The van der Waals surface area contributed by atoms with Crippen LogP contribution in [0.4, 0.5) is 4.39 Å². The molecule has 84 valence electrons. The Bertz CT molecular complexity index is 517. The summed E-state index contributed by atoms with van der Waals surface area (Å²) >= 11 is 8.08. The number of thiophene rings is 1. The zero-order chi connectivity index (χ0) is 11.7. The fourth-order valence-corrected chi connectivity index (χ4v) is 4.20. The molecule has 0 amide bonds. The van der Waals surface area contributed by atoms with Crippen LogP contribution < -0.4 is 0 Å². The molecule has 2 rings (SSSR count). The number of pyridine rings is 1. The van der Waals surface area contributed by atoms with Gasteiger partial charge in [-0.05, 0) is 44.0 Å². The zero-order valence-corrected chi connectivity index (χ0v) is 11.8. The van der Waals surface area contributed by atoms with E-state index in [-0.39, 0.29) is 5.56 Å². The van der Waals surface area contributed by atoms with Gasteiger partial charge >= 0.3 is 0 Å². The van der Waals surface area contributed by atoms with Gasteiger partial charge in [0, 0.05) is 17.3 Å². The van der Waals surface area contributed by atoms with Crippen molar-refractivity contribution in [3.63, 3.8) is 0 Å². The molecule has 1 unspecified atom stereocenters. The van der Waals surface area contributed by atoms with E-state index in [1.54, 1.807) is 6.07 Å². The first-order valence-electron chi connectivity index (χ1n) is 4.32. The van der Waals surface area contributed by atoms with Gasteiger partial charge in [0.2, 0.25) is 0 Å². The Labute approximate surface area is 112 Å². The van der Waals surface area contributed by atoms with E-state index in [0.29, 0.717) is 5.56 Å². The lowest BCUT2D eigenvalue weighted by atomic mass is 10.1. The predicted octanol–water partition coefficient (Wildman–Crippen LogP) is 3.89. The highest BCUT2D eigenvalue weighted by molar-refractivity contribution is 9.12. The van der Waals surface area contributed by atoms with Crippen LogP contribution in [0, 0.1) is 5.82 Å². The summed E-state index contributed by atoms with van der Waals surface area (Å²) in [5.74, 6) is -0.510. The van der Waals surface area contributed by atoms with Crippen LogP contribution in [0.3, 0.4) is 0 Å². The maximum absolute atomic E-state index is 13.4. The summed E-state index contributed by atoms with van der Waals surface area (Å²) in [7, 11) is 0. The number of aliphatic hydroxyl groups is 1. The quantitative estimate of drug-likeness (QED) is 0.874. The standard InChI is InChI=1S/C10H6Br2FNOS/c11-8-3-6(10(12)16-8)9(15)5-1-2-14-4-7(5)13/h1-4,9,15H. The molecule has 0 saturated heterocycles. The van der Waals surface area contributed by atoms with Crippen molar-refractivity contribution >= 4 is 43.2 Å². The van der Waals surface area contributed by atoms with Gasteiger partial charge < -0.3 is 5.11 Å². The molecule has 2 nitrogen and oxygen atoms in total. The summed E-state index contributed by atoms with van der Waals surface area (Å²) in [5, 5.41) is 10.1. The minimum Gasteiger partial charge on any atom is -0.383 e. The predicted molar refractivity (Wildman–Crippen MR) is 68.0 cm³/mol. The summed E-state index contributed by atoms with van der Waals surface area (Å²) in [5.41, 5.74) is 0.864. The van der Waals surface area contributed by atoms with Crippen LogP contribution in [0.5, 0.6) is 0 Å². The van der Waals surface area contributed by atoms with E-state index >= 15 is 0 Å². The maximum atomic E-state index is 13.4. The first-order chi connectivity index (χ1) is 7.59. The van der Waals surface area contributed by atoms with E-state index in [0.717, 1.165) is 13.8 Å². The molecule has 0 aromatic carbocycles. The number of aromatic nitrogens is 1. The highest BCUT2D eigenvalue weighted by Gasteiger charge is 2.19. The highest BCUT2D eigenvalue weighted by atomic mass is 79.9. The number of nitrogens with zero attached hydrogens (tertiary/aromatic N) is 1. The van der Waals surface area contributed by atoms with Gasteiger partial charge in [0.15, 0.2) is 0 Å². The van der Waals surface area contributed by atoms with Gasteiger partial charge in [0.05, 0.1) is 13.8 Å². The molecule has 1 atom stereocenters. The van der Waals surface area contributed by atoms with E-state index in [2.05, 4.69) is 36.8 Å². The lowest BCUT2D eigenvalue weighted by molar-refractivity contribution is 0.214. The molecule has 0 fully saturated rings. The Hall–Kier alpha value is -0.300. The van der Waals surface area contributed by atoms with Gasteiger partial charge in [-0.15, -0.1) is 11.3 Å². The lowest BCUT2D eigenvalue weighted by Gasteiger charge is -2.10. The van der Waals surface area contributed by atoms with E-state index in [9.17, 15) is 9.50 Å². The first-order valence-corrected chi connectivity index (χ1v) is 6.72. The van der Waals surface area contributed by atoms with Crippen LogP contribution in [-0.4, -0.2) is 10.1 Å². The number of hydrogen-bond acceptors (Lipinski definition) is 3. The fourth-order valence-electron chi connectivity index (χ4n) is 1.31.